The van der Waals surface area contributed by atoms with E-state index in [4.69, 9.17) is 10.5 Å². The van der Waals surface area contributed by atoms with E-state index >= 15 is 0 Å². The lowest BCUT2D eigenvalue weighted by Crippen LogP contribution is -2.51. The Labute approximate surface area is 177 Å². The Hall–Kier alpha value is -3.37. The van der Waals surface area contributed by atoms with E-state index < -0.39 is 6.03 Å². The van der Waals surface area contributed by atoms with Crippen molar-refractivity contribution in [1.29, 1.82) is 0 Å². The summed E-state index contributed by atoms with van der Waals surface area (Å²) in [6, 6.07) is 6.00. The van der Waals surface area contributed by atoms with Crippen molar-refractivity contribution >= 4 is 29.2 Å². The van der Waals surface area contributed by atoms with Gasteiger partial charge in [0.15, 0.2) is 0 Å². The summed E-state index contributed by atoms with van der Waals surface area (Å²) >= 11 is 1.56. The van der Waals surface area contributed by atoms with E-state index in [2.05, 4.69) is 15.0 Å². The molecule has 2 N–H and O–H groups in total. The molecule has 1 atom stereocenters. The molecule has 30 heavy (non-hydrogen) atoms. The molecule has 1 saturated heterocycles. The minimum absolute atomic E-state index is 0.117. The van der Waals surface area contributed by atoms with Crippen molar-refractivity contribution in [3.63, 3.8) is 0 Å². The van der Waals surface area contributed by atoms with E-state index in [1.807, 2.05) is 19.9 Å². The van der Waals surface area contributed by atoms with Crippen molar-refractivity contribution in [2.45, 2.75) is 13.8 Å². The molecule has 1 unspecified atom stereocenters. The van der Waals surface area contributed by atoms with Gasteiger partial charge < -0.3 is 10.5 Å². The Bertz CT molecular complexity index is 1150. The Balaban J connectivity index is 1.58. The molecule has 0 aromatic carbocycles. The summed E-state index contributed by atoms with van der Waals surface area (Å²) in [7, 11) is 1.72. The average molecular weight is 425 g/mol. The first kappa shape index (κ1) is 19.9. The standard InChI is InChI=1S/C20H20N6O3S/c1-12-16(29-14-6-7-22-15(10-14)17-11-23-13(2)30-17)4-5-18(24-12)26(3)9-8-25(19(21)27)20(26)28/h4-7,10-11H,8-9H2,1-3H3,(H-,21,27)/p+1. The maximum Gasteiger partial charge on any atom is 0.433 e. The molecule has 9 nitrogen and oxygen atoms in total. The molecule has 0 bridgehead atoms. The Kier molecular flexibility index (Phi) is 4.96. The molecule has 0 spiro atoms. The van der Waals surface area contributed by atoms with Crippen LogP contribution in [-0.2, 0) is 0 Å². The van der Waals surface area contributed by atoms with Gasteiger partial charge in [-0.05, 0) is 26.0 Å². The number of thiazole rings is 1. The van der Waals surface area contributed by atoms with Crippen LogP contribution in [0.5, 0.6) is 11.5 Å². The third-order valence-electron chi connectivity index (χ3n) is 5.05. The van der Waals surface area contributed by atoms with E-state index in [1.54, 1.807) is 49.0 Å². The molecular formula is C20H21N6O3S+. The molecule has 4 heterocycles. The van der Waals surface area contributed by atoms with Gasteiger partial charge in [0.1, 0.15) is 18.0 Å². The van der Waals surface area contributed by atoms with Gasteiger partial charge in [0, 0.05) is 24.5 Å². The minimum Gasteiger partial charge on any atom is -0.455 e. The molecule has 4 rings (SSSR count). The zero-order valence-corrected chi connectivity index (χ0v) is 17.6. The second-order valence-electron chi connectivity index (χ2n) is 7.16. The predicted molar refractivity (Wildman–Crippen MR) is 113 cm³/mol. The van der Waals surface area contributed by atoms with Crippen LogP contribution in [0.4, 0.5) is 15.4 Å². The zero-order chi connectivity index (χ0) is 21.5. The lowest BCUT2D eigenvalue weighted by atomic mass is 10.3. The quantitative estimate of drug-likeness (QED) is 0.641. The smallest absolute Gasteiger partial charge is 0.433 e. The number of carbonyl (C=O) groups is 2. The molecule has 4 amide bonds. The van der Waals surface area contributed by atoms with Gasteiger partial charge in [-0.25, -0.2) is 19.5 Å². The van der Waals surface area contributed by atoms with E-state index in [0.29, 0.717) is 29.6 Å². The van der Waals surface area contributed by atoms with Crippen LogP contribution in [0.1, 0.15) is 10.7 Å². The summed E-state index contributed by atoms with van der Waals surface area (Å²) in [5.74, 6) is 1.73. The van der Waals surface area contributed by atoms with Gasteiger partial charge in [0.05, 0.1) is 34.9 Å². The Morgan fingerprint density at radius 3 is 2.70 bits per heavy atom. The molecular weight excluding hydrogens is 404 g/mol. The van der Waals surface area contributed by atoms with Crippen LogP contribution < -0.4 is 15.0 Å². The highest BCUT2D eigenvalue weighted by Gasteiger charge is 2.48. The average Bonchev–Trinajstić information content (AvgIpc) is 3.28. The first-order valence-electron chi connectivity index (χ1n) is 9.30. The molecule has 10 heteroatoms. The summed E-state index contributed by atoms with van der Waals surface area (Å²) in [6.07, 6.45) is 3.48. The molecule has 0 radical (unpaired) electrons. The molecule has 0 saturated carbocycles. The Morgan fingerprint density at radius 1 is 1.27 bits per heavy atom. The largest absolute Gasteiger partial charge is 0.455 e. The number of amides is 4. The summed E-state index contributed by atoms with van der Waals surface area (Å²) < 4.78 is 5.90. The van der Waals surface area contributed by atoms with Crippen LogP contribution in [0.25, 0.3) is 10.6 Å². The normalized spacial score (nSPS) is 18.6. The van der Waals surface area contributed by atoms with Gasteiger partial charge in [-0.1, -0.05) is 0 Å². The van der Waals surface area contributed by atoms with Crippen molar-refractivity contribution in [2.75, 3.05) is 20.1 Å². The molecule has 1 aliphatic rings. The fourth-order valence-corrected chi connectivity index (χ4v) is 4.05. The lowest BCUT2D eigenvalue weighted by Gasteiger charge is -2.24. The van der Waals surface area contributed by atoms with Crippen LogP contribution in [0.15, 0.2) is 36.7 Å². The van der Waals surface area contributed by atoms with Crippen molar-refractivity contribution in [3.8, 4) is 22.1 Å². The number of rotatable bonds is 4. The first-order valence-corrected chi connectivity index (χ1v) is 10.1. The predicted octanol–water partition coefficient (Wildman–Crippen LogP) is 3.46. The summed E-state index contributed by atoms with van der Waals surface area (Å²) in [6.45, 7) is 4.44. The number of quaternary nitrogens is 1. The van der Waals surface area contributed by atoms with Gasteiger partial charge in [-0.2, -0.15) is 9.47 Å². The van der Waals surface area contributed by atoms with Gasteiger partial charge in [-0.3, -0.25) is 4.98 Å². The number of likely N-dealkylation sites (N-methyl/N-ethyl adjacent to an activating group) is 1. The summed E-state index contributed by atoms with van der Waals surface area (Å²) in [5.41, 5.74) is 6.70. The fraction of sp³-hybridized carbons (Fsp3) is 0.250. The van der Waals surface area contributed by atoms with Crippen LogP contribution in [0.2, 0.25) is 0 Å². The number of imide groups is 1. The highest BCUT2D eigenvalue weighted by molar-refractivity contribution is 7.15. The number of aryl methyl sites for hydroxylation is 2. The van der Waals surface area contributed by atoms with E-state index in [-0.39, 0.29) is 17.1 Å². The van der Waals surface area contributed by atoms with Crippen LogP contribution in [0.3, 0.4) is 0 Å². The van der Waals surface area contributed by atoms with Gasteiger partial charge in [0.25, 0.3) is 0 Å². The number of pyridine rings is 2. The van der Waals surface area contributed by atoms with Gasteiger partial charge in [0.2, 0.25) is 5.82 Å². The van der Waals surface area contributed by atoms with Gasteiger partial charge in [-0.15, -0.1) is 11.3 Å². The van der Waals surface area contributed by atoms with E-state index in [0.717, 1.165) is 20.5 Å². The monoisotopic (exact) mass is 425 g/mol. The number of hydrogen-bond acceptors (Lipinski definition) is 7. The van der Waals surface area contributed by atoms with Crippen LogP contribution in [0, 0.1) is 13.8 Å². The highest BCUT2D eigenvalue weighted by atomic mass is 32.1. The number of carbonyl (C=O) groups excluding carboxylic acids is 2. The molecule has 0 aliphatic carbocycles. The number of hydrogen-bond donors (Lipinski definition) is 1. The number of urea groups is 2. The van der Waals surface area contributed by atoms with Crippen molar-refractivity contribution in [3.05, 3.63) is 47.4 Å². The maximum absolute atomic E-state index is 12.6. The van der Waals surface area contributed by atoms with Crippen molar-refractivity contribution in [2.24, 2.45) is 5.73 Å². The van der Waals surface area contributed by atoms with Crippen molar-refractivity contribution in [1.82, 2.24) is 24.3 Å². The highest BCUT2D eigenvalue weighted by Crippen LogP contribution is 2.32. The molecule has 1 fully saturated rings. The van der Waals surface area contributed by atoms with Crippen molar-refractivity contribution < 1.29 is 14.3 Å². The fourth-order valence-electron chi connectivity index (χ4n) is 3.31. The topological polar surface area (TPSA) is 111 Å². The third-order valence-corrected chi connectivity index (χ3v) is 5.99. The van der Waals surface area contributed by atoms with E-state index in [9.17, 15) is 9.59 Å². The number of nitrogens with two attached hydrogens (primary N) is 1. The van der Waals surface area contributed by atoms with Crippen LogP contribution >= 0.6 is 11.3 Å². The number of ether oxygens (including phenoxy) is 1. The second-order valence-corrected chi connectivity index (χ2v) is 8.40. The van der Waals surface area contributed by atoms with E-state index in [1.165, 1.54) is 0 Å². The molecule has 3 aromatic heterocycles. The number of aromatic nitrogens is 3. The second kappa shape index (κ2) is 7.47. The Morgan fingerprint density at radius 2 is 2.07 bits per heavy atom. The van der Waals surface area contributed by atoms with Gasteiger partial charge >= 0.3 is 12.1 Å². The summed E-state index contributed by atoms with van der Waals surface area (Å²) in [4.78, 5) is 39.3. The first-order chi connectivity index (χ1) is 14.3. The lowest BCUT2D eigenvalue weighted by molar-refractivity contribution is 0.193. The zero-order valence-electron chi connectivity index (χ0n) is 16.8. The number of primary amides is 1. The molecule has 3 aromatic rings. The maximum atomic E-state index is 12.6. The SMILES string of the molecule is Cc1ncc(-c2cc(Oc3ccc([N+]4(C)CCN(C(N)=O)C4=O)nc3C)ccn2)s1. The molecule has 1 aliphatic heterocycles. The summed E-state index contributed by atoms with van der Waals surface area (Å²) in [5, 5.41) is 0.969. The third kappa shape index (κ3) is 3.51. The number of nitrogens with zero attached hydrogens (tertiary/aromatic N) is 5. The minimum atomic E-state index is -0.747. The molecule has 154 valence electrons. The van der Waals surface area contributed by atoms with Crippen LogP contribution in [-0.4, -0.2) is 52.1 Å².